The average molecular weight is 500 g/mol. The first-order valence-corrected chi connectivity index (χ1v) is 12.4. The average Bonchev–Trinajstić information content (AvgIpc) is 3.13. The van der Waals surface area contributed by atoms with Crippen molar-refractivity contribution >= 4 is 27.3 Å². The number of ether oxygens (including phenoxy) is 1. The summed E-state index contributed by atoms with van der Waals surface area (Å²) in [7, 11) is -3.00. The molecule has 0 spiro atoms. The molecule has 3 unspecified atom stereocenters. The molecule has 1 aliphatic heterocycles. The molecular formula is C23H28F3N3O4S. The summed E-state index contributed by atoms with van der Waals surface area (Å²) in [6.07, 6.45) is -1.72. The Morgan fingerprint density at radius 1 is 1.18 bits per heavy atom. The van der Waals surface area contributed by atoms with Crippen LogP contribution in [0.25, 0.3) is 0 Å². The van der Waals surface area contributed by atoms with Crippen molar-refractivity contribution in [3.05, 3.63) is 48.0 Å². The standard InChI is InChI=1S/C23H28F3N3O4S/c1-4-6-16-11-14(2)21(27-16)22(30)28-17-9-10-20(19(13-17)33-3)34(31,32)29-18-8-5-7-15(12-18)23(24,25)26/h5,7-10,12-14,16,21,27,29H,4,6,11H2,1-3H3,(H,28,30). The number of sulfonamides is 1. The van der Waals surface area contributed by atoms with E-state index in [1.807, 2.05) is 6.92 Å². The van der Waals surface area contributed by atoms with Gasteiger partial charge < -0.3 is 15.4 Å². The number of hydrogen-bond acceptors (Lipinski definition) is 5. The highest BCUT2D eigenvalue weighted by molar-refractivity contribution is 7.92. The zero-order valence-corrected chi connectivity index (χ0v) is 19.9. The molecule has 1 heterocycles. The Kier molecular flexibility index (Phi) is 7.77. The van der Waals surface area contributed by atoms with Crippen molar-refractivity contribution < 1.29 is 31.1 Å². The molecule has 3 atom stereocenters. The second-order valence-corrected chi connectivity index (χ2v) is 10.0. The highest BCUT2D eigenvalue weighted by Crippen LogP contribution is 2.33. The van der Waals surface area contributed by atoms with Crippen molar-refractivity contribution in [1.29, 1.82) is 0 Å². The maximum atomic E-state index is 13.0. The third-order valence-electron chi connectivity index (χ3n) is 5.72. The van der Waals surface area contributed by atoms with Crippen molar-refractivity contribution in [2.45, 2.75) is 56.3 Å². The molecule has 11 heteroatoms. The molecule has 186 valence electrons. The first-order valence-electron chi connectivity index (χ1n) is 10.9. The smallest absolute Gasteiger partial charge is 0.416 e. The summed E-state index contributed by atoms with van der Waals surface area (Å²) in [5.41, 5.74) is -0.876. The van der Waals surface area contributed by atoms with Gasteiger partial charge in [-0.25, -0.2) is 8.42 Å². The topological polar surface area (TPSA) is 96.5 Å². The van der Waals surface area contributed by atoms with Crippen LogP contribution in [0.4, 0.5) is 24.5 Å². The normalized spacial score (nSPS) is 20.7. The first kappa shape index (κ1) is 25.8. The monoisotopic (exact) mass is 499 g/mol. The van der Waals surface area contributed by atoms with Crippen molar-refractivity contribution in [1.82, 2.24) is 5.32 Å². The molecule has 0 aromatic heterocycles. The van der Waals surface area contributed by atoms with Crippen molar-refractivity contribution in [3.8, 4) is 5.75 Å². The lowest BCUT2D eigenvalue weighted by Crippen LogP contribution is -2.41. The highest BCUT2D eigenvalue weighted by Gasteiger charge is 2.35. The van der Waals surface area contributed by atoms with E-state index >= 15 is 0 Å². The second kappa shape index (κ2) is 10.2. The summed E-state index contributed by atoms with van der Waals surface area (Å²) in [5, 5.41) is 6.12. The number of carbonyl (C=O) groups is 1. The van der Waals surface area contributed by atoms with Gasteiger partial charge in [-0.15, -0.1) is 0 Å². The SMILES string of the molecule is CCCC1CC(C)C(C(=O)Nc2ccc(S(=O)(=O)Nc3cccc(C(F)(F)F)c3)c(OC)c2)N1. The Balaban J connectivity index is 1.77. The van der Waals surface area contributed by atoms with Crippen molar-refractivity contribution in [2.24, 2.45) is 5.92 Å². The van der Waals surface area contributed by atoms with E-state index in [1.54, 1.807) is 0 Å². The van der Waals surface area contributed by atoms with Gasteiger partial charge >= 0.3 is 6.18 Å². The molecule has 2 aromatic rings. The van der Waals surface area contributed by atoms with Gasteiger partial charge in [-0.05, 0) is 49.1 Å². The number of hydrogen-bond donors (Lipinski definition) is 3. The molecule has 1 aliphatic rings. The molecule has 34 heavy (non-hydrogen) atoms. The fraction of sp³-hybridized carbons (Fsp3) is 0.435. The van der Waals surface area contributed by atoms with E-state index < -0.39 is 21.8 Å². The van der Waals surface area contributed by atoms with Crippen LogP contribution in [-0.4, -0.2) is 33.5 Å². The van der Waals surface area contributed by atoms with Gasteiger partial charge in [0.15, 0.2) is 0 Å². The quantitative estimate of drug-likeness (QED) is 0.493. The lowest BCUT2D eigenvalue weighted by molar-refractivity contribution is -0.137. The van der Waals surface area contributed by atoms with Crippen LogP contribution in [0.1, 0.15) is 38.7 Å². The van der Waals surface area contributed by atoms with Crippen LogP contribution in [0.5, 0.6) is 5.75 Å². The minimum Gasteiger partial charge on any atom is -0.495 e. The number of methoxy groups -OCH3 is 1. The molecule has 1 fully saturated rings. The van der Waals surface area contributed by atoms with Gasteiger partial charge in [0.1, 0.15) is 10.6 Å². The second-order valence-electron chi connectivity index (χ2n) is 8.38. The number of carbonyl (C=O) groups excluding carboxylic acids is 1. The van der Waals surface area contributed by atoms with Crippen LogP contribution in [-0.2, 0) is 21.0 Å². The number of amides is 1. The Hall–Kier alpha value is -2.79. The van der Waals surface area contributed by atoms with Crippen LogP contribution in [0, 0.1) is 5.92 Å². The van der Waals surface area contributed by atoms with E-state index in [-0.39, 0.29) is 40.2 Å². The van der Waals surface area contributed by atoms with Gasteiger partial charge in [-0.3, -0.25) is 9.52 Å². The van der Waals surface area contributed by atoms with Crippen LogP contribution < -0.4 is 20.1 Å². The Morgan fingerprint density at radius 2 is 1.91 bits per heavy atom. The summed E-state index contributed by atoms with van der Waals surface area (Å²) in [4.78, 5) is 12.5. The van der Waals surface area contributed by atoms with E-state index in [0.717, 1.165) is 31.4 Å². The zero-order chi connectivity index (χ0) is 25.1. The lowest BCUT2D eigenvalue weighted by atomic mass is 9.99. The van der Waals surface area contributed by atoms with E-state index in [9.17, 15) is 26.4 Å². The zero-order valence-electron chi connectivity index (χ0n) is 19.1. The van der Waals surface area contributed by atoms with Crippen LogP contribution in [0.2, 0.25) is 0 Å². The summed E-state index contributed by atoms with van der Waals surface area (Å²) < 4.78 is 71.9. The van der Waals surface area contributed by atoms with Crippen LogP contribution in [0.15, 0.2) is 47.4 Å². The van der Waals surface area contributed by atoms with Gasteiger partial charge in [0.05, 0.1) is 18.7 Å². The van der Waals surface area contributed by atoms with E-state index in [4.69, 9.17) is 4.74 Å². The molecule has 0 saturated carbocycles. The number of nitrogens with one attached hydrogen (secondary N) is 3. The summed E-state index contributed by atoms with van der Waals surface area (Å²) in [6.45, 7) is 4.09. The Labute approximate surface area is 197 Å². The largest absolute Gasteiger partial charge is 0.495 e. The predicted octanol–water partition coefficient (Wildman–Crippen LogP) is 4.62. The number of halogens is 3. The maximum absolute atomic E-state index is 13.0. The van der Waals surface area contributed by atoms with Gasteiger partial charge in [-0.2, -0.15) is 13.2 Å². The summed E-state index contributed by atoms with van der Waals surface area (Å²) in [5.74, 6) is -0.144. The minimum absolute atomic E-state index is 0.0615. The number of alkyl halides is 3. The minimum atomic E-state index is -4.61. The molecule has 3 rings (SSSR count). The maximum Gasteiger partial charge on any atom is 0.416 e. The third-order valence-corrected chi connectivity index (χ3v) is 7.14. The molecular weight excluding hydrogens is 471 g/mol. The molecule has 1 saturated heterocycles. The number of benzene rings is 2. The van der Waals surface area contributed by atoms with Gasteiger partial charge in [0.25, 0.3) is 10.0 Å². The first-order chi connectivity index (χ1) is 15.9. The van der Waals surface area contributed by atoms with Crippen LogP contribution >= 0.6 is 0 Å². The molecule has 7 nitrogen and oxygen atoms in total. The van der Waals surface area contributed by atoms with Gasteiger partial charge in [0.2, 0.25) is 5.91 Å². The fourth-order valence-electron chi connectivity index (χ4n) is 4.11. The van der Waals surface area contributed by atoms with Crippen molar-refractivity contribution in [2.75, 3.05) is 17.1 Å². The molecule has 0 aliphatic carbocycles. The molecule has 0 bridgehead atoms. The fourth-order valence-corrected chi connectivity index (χ4v) is 5.31. The van der Waals surface area contributed by atoms with Gasteiger partial charge in [-0.1, -0.05) is 26.3 Å². The van der Waals surface area contributed by atoms with Crippen LogP contribution in [0.3, 0.4) is 0 Å². The lowest BCUT2D eigenvalue weighted by Gasteiger charge is -2.18. The molecule has 1 amide bonds. The molecule has 3 N–H and O–H groups in total. The highest BCUT2D eigenvalue weighted by atomic mass is 32.2. The van der Waals surface area contributed by atoms with Crippen molar-refractivity contribution in [3.63, 3.8) is 0 Å². The predicted molar refractivity (Wildman–Crippen MR) is 123 cm³/mol. The van der Waals surface area contributed by atoms with Gasteiger partial charge in [0, 0.05) is 23.5 Å². The summed E-state index contributed by atoms with van der Waals surface area (Å²) >= 11 is 0. The number of anilines is 2. The van der Waals surface area contributed by atoms with E-state index in [0.29, 0.717) is 11.8 Å². The third kappa shape index (κ3) is 6.01. The Morgan fingerprint density at radius 3 is 2.56 bits per heavy atom. The Bertz CT molecular complexity index is 1140. The van der Waals surface area contributed by atoms with E-state index in [2.05, 4.69) is 22.3 Å². The number of rotatable bonds is 8. The molecule has 0 radical (unpaired) electrons. The summed E-state index contributed by atoms with van der Waals surface area (Å²) in [6, 6.07) is 7.80. The van der Waals surface area contributed by atoms with E-state index in [1.165, 1.54) is 31.4 Å². The molecule has 2 aromatic carbocycles.